The van der Waals surface area contributed by atoms with E-state index < -0.39 is 8.07 Å². The first-order valence-electron chi connectivity index (χ1n) is 12.9. The van der Waals surface area contributed by atoms with Crippen LogP contribution in [0.1, 0.15) is 45.2 Å². The first-order chi connectivity index (χ1) is 17.9. The summed E-state index contributed by atoms with van der Waals surface area (Å²) < 4.78 is 12.4. The Morgan fingerprint density at radius 1 is 0.838 bits per heavy atom. The van der Waals surface area contributed by atoms with E-state index >= 15 is 0 Å². The number of hydrogen-bond donors (Lipinski definition) is 0. The highest BCUT2D eigenvalue weighted by Gasteiger charge is 2.56. The smallest absolute Gasteiger partial charge is 0.207 e. The van der Waals surface area contributed by atoms with E-state index in [0.29, 0.717) is 0 Å². The van der Waals surface area contributed by atoms with Crippen LogP contribution in [0.3, 0.4) is 0 Å². The second kappa shape index (κ2) is 9.89. The van der Waals surface area contributed by atoms with Crippen molar-refractivity contribution in [2.24, 2.45) is 0 Å². The second-order valence-electron chi connectivity index (χ2n) is 10.6. The fourth-order valence-electron chi connectivity index (χ4n) is 5.88. The van der Waals surface area contributed by atoms with E-state index in [1.807, 2.05) is 17.4 Å². The Hall–Kier alpha value is -3.26. The maximum atomic E-state index is 6.23. The first-order valence-corrected chi connectivity index (χ1v) is 15.8. The molecule has 1 aromatic heterocycles. The average Bonchev–Trinajstić information content (AvgIpc) is 3.48. The highest BCUT2D eigenvalue weighted by molar-refractivity contribution is 7.23. The lowest BCUT2D eigenvalue weighted by atomic mass is 9.93. The van der Waals surface area contributed by atoms with Crippen molar-refractivity contribution in [3.8, 4) is 44.5 Å². The predicted octanol–water partition coefficient (Wildman–Crippen LogP) is 7.32. The molecule has 0 radical (unpaired) electrons. The molecule has 0 saturated carbocycles. The van der Waals surface area contributed by atoms with Gasteiger partial charge in [0.15, 0.2) is 11.5 Å². The van der Waals surface area contributed by atoms with Gasteiger partial charge in [-0.3, -0.25) is 0 Å². The monoisotopic (exact) mass is 522 g/mol. The van der Waals surface area contributed by atoms with Crippen molar-refractivity contribution in [2.45, 2.75) is 45.6 Å². The third-order valence-corrected chi connectivity index (χ3v) is 13.8. The molecule has 0 fully saturated rings. The minimum atomic E-state index is -2.66. The number of methoxy groups -OCH3 is 2. The molecule has 188 valence electrons. The molecule has 0 saturated heterocycles. The van der Waals surface area contributed by atoms with Crippen molar-refractivity contribution in [3.63, 3.8) is 0 Å². The fourth-order valence-corrected chi connectivity index (χ4v) is 12.5. The number of ether oxygens (including phenoxy) is 2. The summed E-state index contributed by atoms with van der Waals surface area (Å²) in [5.41, 5.74) is 9.95. The van der Waals surface area contributed by atoms with Gasteiger partial charge in [0, 0.05) is 27.1 Å². The van der Waals surface area contributed by atoms with Crippen LogP contribution in [0.5, 0.6) is 11.5 Å². The second-order valence-corrected chi connectivity index (χ2v) is 15.8. The zero-order valence-corrected chi connectivity index (χ0v) is 24.4. The summed E-state index contributed by atoms with van der Waals surface area (Å²) in [4.78, 5) is 1.36. The third kappa shape index (κ3) is 3.93. The maximum Gasteiger partial charge on any atom is 0.207 e. The Kier molecular flexibility index (Phi) is 6.79. The first kappa shape index (κ1) is 25.4. The molecule has 4 heteroatoms. The Balaban J connectivity index is 2.02. The Labute approximate surface area is 226 Å². The molecule has 0 N–H and O–H groups in total. The van der Waals surface area contributed by atoms with Crippen LogP contribution in [0.4, 0.5) is 0 Å². The Morgan fingerprint density at radius 3 is 2.08 bits per heavy atom. The minimum Gasteiger partial charge on any atom is -0.493 e. The zero-order chi connectivity index (χ0) is 26.2. The molecular weight excluding hydrogens is 489 g/mol. The molecule has 0 spiro atoms. The highest BCUT2D eigenvalue weighted by Crippen LogP contribution is 2.53. The Bertz CT molecular complexity index is 1490. The molecule has 3 aromatic carbocycles. The number of fused-ring (bicyclic) bond motifs is 3. The van der Waals surface area contributed by atoms with E-state index in [4.69, 9.17) is 9.47 Å². The molecule has 0 bridgehead atoms. The van der Waals surface area contributed by atoms with E-state index in [1.54, 1.807) is 14.2 Å². The van der Waals surface area contributed by atoms with Crippen molar-refractivity contribution in [2.75, 3.05) is 14.2 Å². The molecule has 5 rings (SSSR count). The van der Waals surface area contributed by atoms with Gasteiger partial charge in [-0.1, -0.05) is 94.6 Å². The molecule has 37 heavy (non-hydrogen) atoms. The van der Waals surface area contributed by atoms with Gasteiger partial charge in [0.1, 0.15) is 0 Å². The van der Waals surface area contributed by atoms with Crippen LogP contribution in [-0.4, -0.2) is 22.3 Å². The van der Waals surface area contributed by atoms with Gasteiger partial charge in [-0.25, -0.2) is 0 Å². The van der Waals surface area contributed by atoms with Gasteiger partial charge in [-0.2, -0.15) is 0 Å². The summed E-state index contributed by atoms with van der Waals surface area (Å²) in [6.07, 6.45) is 1.95. The quantitative estimate of drug-likeness (QED) is 0.202. The van der Waals surface area contributed by atoms with E-state index in [-0.39, 0.29) is 5.04 Å². The van der Waals surface area contributed by atoms with Crippen LogP contribution in [0.15, 0.2) is 72.1 Å². The number of benzene rings is 3. The van der Waals surface area contributed by atoms with Crippen molar-refractivity contribution >= 4 is 29.8 Å². The van der Waals surface area contributed by atoms with Crippen LogP contribution >= 0.6 is 11.3 Å². The minimum absolute atomic E-state index is 0.0670. The molecule has 0 amide bonds. The molecule has 0 unspecified atom stereocenters. The standard InChI is InChI=1S/C33H34O2SSi/c1-7-14-25-28-31-26(19-21-36-31)37(33(2,3)4,22-20-23-15-10-8-11-16-23)32(28)27(24-17-12-9-13-18-24)30(35-6)29(25)34-5/h8-13,15-19,21H,7,14H2,1-6H3/t37-/m0/s1. The van der Waals surface area contributed by atoms with Crippen molar-refractivity contribution in [1.82, 2.24) is 0 Å². The SMILES string of the molecule is CCCc1c(OC)c(OC)c(-c2ccccc2)c2c1-c1sccc1[Si@]2(C#Cc1ccccc1)C(C)(C)C. The van der Waals surface area contributed by atoms with Crippen LogP contribution in [-0.2, 0) is 6.42 Å². The van der Waals surface area contributed by atoms with Gasteiger partial charge in [-0.15, -0.1) is 16.9 Å². The molecule has 1 atom stereocenters. The van der Waals surface area contributed by atoms with Crippen LogP contribution < -0.4 is 19.8 Å². The van der Waals surface area contributed by atoms with Gasteiger partial charge in [0.25, 0.3) is 0 Å². The summed E-state index contributed by atoms with van der Waals surface area (Å²) in [5.74, 6) is 5.33. The van der Waals surface area contributed by atoms with Gasteiger partial charge >= 0.3 is 0 Å². The van der Waals surface area contributed by atoms with Crippen LogP contribution in [0.25, 0.3) is 21.6 Å². The average molecular weight is 523 g/mol. The number of thiophene rings is 1. The lowest BCUT2D eigenvalue weighted by Gasteiger charge is -2.38. The molecule has 0 aliphatic carbocycles. The molecular formula is C33H34O2SSi. The topological polar surface area (TPSA) is 18.5 Å². The van der Waals surface area contributed by atoms with Gasteiger partial charge < -0.3 is 9.47 Å². The summed E-state index contributed by atoms with van der Waals surface area (Å²) in [5, 5.41) is 4.99. The molecule has 2 nitrogen and oxygen atoms in total. The Morgan fingerprint density at radius 2 is 1.49 bits per heavy atom. The molecule has 1 aliphatic rings. The summed E-state index contributed by atoms with van der Waals surface area (Å²) in [7, 11) is 0.878. The number of rotatable bonds is 5. The van der Waals surface area contributed by atoms with E-state index in [1.165, 1.54) is 26.4 Å². The third-order valence-electron chi connectivity index (χ3n) is 7.44. The van der Waals surface area contributed by atoms with E-state index in [0.717, 1.165) is 41.0 Å². The normalized spacial score (nSPS) is 15.9. The lowest BCUT2D eigenvalue weighted by Crippen LogP contribution is -2.61. The van der Waals surface area contributed by atoms with Crippen molar-refractivity contribution in [1.29, 1.82) is 0 Å². The van der Waals surface area contributed by atoms with Crippen molar-refractivity contribution < 1.29 is 9.47 Å². The van der Waals surface area contributed by atoms with Gasteiger partial charge in [-0.05, 0) is 44.9 Å². The van der Waals surface area contributed by atoms with Gasteiger partial charge in [0.05, 0.1) is 14.2 Å². The fraction of sp³-hybridized carbons (Fsp3) is 0.273. The number of hydrogen-bond acceptors (Lipinski definition) is 3. The molecule has 1 aliphatic heterocycles. The molecule has 4 aromatic rings. The summed E-state index contributed by atoms with van der Waals surface area (Å²) in [6, 6.07) is 23.4. The van der Waals surface area contributed by atoms with Crippen molar-refractivity contribution in [3.05, 3.63) is 83.2 Å². The lowest BCUT2D eigenvalue weighted by molar-refractivity contribution is 0.353. The highest BCUT2D eigenvalue weighted by atomic mass is 32.1. The molecule has 2 heterocycles. The van der Waals surface area contributed by atoms with Gasteiger partial charge in [0.2, 0.25) is 8.07 Å². The van der Waals surface area contributed by atoms with Crippen LogP contribution in [0.2, 0.25) is 5.04 Å². The predicted molar refractivity (Wildman–Crippen MR) is 160 cm³/mol. The van der Waals surface area contributed by atoms with Crippen LogP contribution in [0, 0.1) is 11.5 Å². The zero-order valence-electron chi connectivity index (χ0n) is 22.6. The summed E-state index contributed by atoms with van der Waals surface area (Å²) in [6.45, 7) is 9.36. The van der Waals surface area contributed by atoms with E-state index in [9.17, 15) is 0 Å². The maximum absolute atomic E-state index is 6.23. The van der Waals surface area contributed by atoms with E-state index in [2.05, 4.69) is 105 Å². The summed E-state index contributed by atoms with van der Waals surface area (Å²) >= 11 is 1.84. The largest absolute Gasteiger partial charge is 0.493 e.